The number of para-hydroxylation sites is 1. The number of hydrogen-bond acceptors (Lipinski definition) is 4. The Labute approximate surface area is 164 Å². The molecule has 0 aliphatic carbocycles. The molecule has 146 valence electrons. The summed E-state index contributed by atoms with van der Waals surface area (Å²) >= 11 is 0. The van der Waals surface area contributed by atoms with Crippen LogP contribution in [0.3, 0.4) is 0 Å². The lowest BCUT2D eigenvalue weighted by Gasteiger charge is -2.24. The van der Waals surface area contributed by atoms with Crippen molar-refractivity contribution < 1.29 is 18.7 Å². The van der Waals surface area contributed by atoms with Crippen molar-refractivity contribution in [3.05, 3.63) is 59.9 Å². The minimum atomic E-state index is -0.463. The minimum Gasteiger partial charge on any atom is -0.454 e. The van der Waals surface area contributed by atoms with Crippen molar-refractivity contribution in [2.45, 2.75) is 25.4 Å². The molecule has 0 spiro atoms. The van der Waals surface area contributed by atoms with Gasteiger partial charge in [-0.25, -0.2) is 4.39 Å². The Morgan fingerprint density at radius 2 is 2.11 bits per heavy atom. The summed E-state index contributed by atoms with van der Waals surface area (Å²) in [6.07, 6.45) is 0.335. The molecule has 2 N–H and O–H groups in total. The first-order valence-corrected chi connectivity index (χ1v) is 8.74. The molecule has 7 heteroatoms. The number of ether oxygens (including phenoxy) is 2. The van der Waals surface area contributed by atoms with Gasteiger partial charge in [0.25, 0.3) is 0 Å². The number of morpholine rings is 1. The van der Waals surface area contributed by atoms with Crippen molar-refractivity contribution >= 4 is 18.3 Å². The van der Waals surface area contributed by atoms with E-state index in [2.05, 4.69) is 10.6 Å². The second kappa shape index (κ2) is 10.3. The fourth-order valence-electron chi connectivity index (χ4n) is 2.84. The molecule has 0 aromatic heterocycles. The maximum absolute atomic E-state index is 14.3. The molecule has 1 aliphatic heterocycles. The van der Waals surface area contributed by atoms with Crippen LogP contribution in [0.1, 0.15) is 24.9 Å². The summed E-state index contributed by atoms with van der Waals surface area (Å²) in [6, 6.07) is 13.5. The zero-order valence-corrected chi connectivity index (χ0v) is 15.9. The van der Waals surface area contributed by atoms with Gasteiger partial charge in [-0.05, 0) is 36.8 Å². The molecule has 2 aromatic carbocycles. The first kappa shape index (κ1) is 21.2. The molecule has 1 heterocycles. The van der Waals surface area contributed by atoms with Gasteiger partial charge in [0.05, 0.1) is 19.3 Å². The van der Waals surface area contributed by atoms with Gasteiger partial charge in [-0.15, -0.1) is 12.4 Å². The average Bonchev–Trinajstić information content (AvgIpc) is 2.65. The molecule has 1 fully saturated rings. The molecular weight excluding hydrogens is 371 g/mol. The third-order valence-electron chi connectivity index (χ3n) is 4.23. The van der Waals surface area contributed by atoms with Gasteiger partial charge in [-0.2, -0.15) is 0 Å². The van der Waals surface area contributed by atoms with E-state index in [4.69, 9.17) is 9.47 Å². The molecule has 0 radical (unpaired) electrons. The number of rotatable bonds is 6. The van der Waals surface area contributed by atoms with Crippen LogP contribution < -0.4 is 15.4 Å². The van der Waals surface area contributed by atoms with Crippen molar-refractivity contribution in [1.82, 2.24) is 10.6 Å². The van der Waals surface area contributed by atoms with Gasteiger partial charge in [0.2, 0.25) is 5.91 Å². The summed E-state index contributed by atoms with van der Waals surface area (Å²) in [5.41, 5.74) is 0.684. The first-order chi connectivity index (χ1) is 12.6. The number of carbonyl (C=O) groups excluding carboxylic acids is 1. The average molecular weight is 395 g/mol. The number of nitrogens with one attached hydrogen (secondary N) is 2. The van der Waals surface area contributed by atoms with Gasteiger partial charge in [0.15, 0.2) is 11.6 Å². The largest absolute Gasteiger partial charge is 0.454 e. The Hall–Kier alpha value is -2.15. The lowest BCUT2D eigenvalue weighted by atomic mass is 10.1. The predicted octanol–water partition coefficient (Wildman–Crippen LogP) is 3.60. The van der Waals surface area contributed by atoms with E-state index in [-0.39, 0.29) is 36.1 Å². The number of amides is 1. The lowest BCUT2D eigenvalue weighted by molar-refractivity contribution is -0.122. The highest BCUT2D eigenvalue weighted by Gasteiger charge is 2.19. The summed E-state index contributed by atoms with van der Waals surface area (Å²) < 4.78 is 25.2. The molecular formula is C20H24ClFN2O3. The quantitative estimate of drug-likeness (QED) is 0.786. The molecule has 1 aliphatic rings. The fourth-order valence-corrected chi connectivity index (χ4v) is 2.84. The Bertz CT molecular complexity index is 739. The van der Waals surface area contributed by atoms with E-state index in [1.165, 1.54) is 6.07 Å². The number of benzene rings is 2. The van der Waals surface area contributed by atoms with Gasteiger partial charge in [-0.3, -0.25) is 4.79 Å². The highest BCUT2D eigenvalue weighted by atomic mass is 35.5. The molecule has 2 unspecified atom stereocenters. The molecule has 0 bridgehead atoms. The molecule has 1 amide bonds. The van der Waals surface area contributed by atoms with Crippen molar-refractivity contribution in [2.75, 3.05) is 19.8 Å². The van der Waals surface area contributed by atoms with Gasteiger partial charge in [-0.1, -0.05) is 24.3 Å². The molecule has 3 rings (SSSR count). The number of hydrogen-bond donors (Lipinski definition) is 2. The SMILES string of the molecule is CC(NC(=O)CC1COCCN1)c1ccc(Oc2ccccc2)c(F)c1.Cl. The van der Waals surface area contributed by atoms with E-state index in [9.17, 15) is 9.18 Å². The zero-order valence-electron chi connectivity index (χ0n) is 15.1. The molecule has 27 heavy (non-hydrogen) atoms. The maximum Gasteiger partial charge on any atom is 0.222 e. The molecule has 2 atom stereocenters. The van der Waals surface area contributed by atoms with Crippen LogP contribution in [0.25, 0.3) is 0 Å². The van der Waals surface area contributed by atoms with E-state index in [1.807, 2.05) is 25.1 Å². The van der Waals surface area contributed by atoms with Crippen molar-refractivity contribution in [3.63, 3.8) is 0 Å². The van der Waals surface area contributed by atoms with Crippen LogP contribution >= 0.6 is 12.4 Å². The second-order valence-corrected chi connectivity index (χ2v) is 6.32. The Morgan fingerprint density at radius 3 is 2.78 bits per heavy atom. The fraction of sp³-hybridized carbons (Fsp3) is 0.350. The van der Waals surface area contributed by atoms with Crippen LogP contribution in [-0.4, -0.2) is 31.7 Å². The van der Waals surface area contributed by atoms with Gasteiger partial charge >= 0.3 is 0 Å². The molecule has 2 aromatic rings. The normalized spacial score (nSPS) is 17.5. The minimum absolute atomic E-state index is 0. The smallest absolute Gasteiger partial charge is 0.222 e. The third-order valence-corrected chi connectivity index (χ3v) is 4.23. The van der Waals surface area contributed by atoms with Crippen LogP contribution in [0.2, 0.25) is 0 Å². The zero-order chi connectivity index (χ0) is 18.4. The van der Waals surface area contributed by atoms with E-state index >= 15 is 0 Å². The molecule has 5 nitrogen and oxygen atoms in total. The van der Waals surface area contributed by atoms with Crippen LogP contribution in [-0.2, 0) is 9.53 Å². The Morgan fingerprint density at radius 1 is 1.33 bits per heavy atom. The van der Waals surface area contributed by atoms with E-state index in [0.29, 0.717) is 30.9 Å². The third kappa shape index (κ3) is 6.20. The van der Waals surface area contributed by atoms with Crippen LogP contribution in [0.5, 0.6) is 11.5 Å². The second-order valence-electron chi connectivity index (χ2n) is 6.32. The summed E-state index contributed by atoms with van der Waals surface area (Å²) in [7, 11) is 0. The Balaban J connectivity index is 0.00000261. The van der Waals surface area contributed by atoms with E-state index < -0.39 is 5.82 Å². The topological polar surface area (TPSA) is 59.6 Å². The molecule has 1 saturated heterocycles. The van der Waals surface area contributed by atoms with E-state index in [1.54, 1.807) is 24.3 Å². The van der Waals surface area contributed by atoms with Crippen molar-refractivity contribution in [3.8, 4) is 11.5 Å². The molecule has 0 saturated carbocycles. The van der Waals surface area contributed by atoms with Gasteiger partial charge < -0.3 is 20.1 Å². The van der Waals surface area contributed by atoms with Crippen LogP contribution in [0.4, 0.5) is 4.39 Å². The highest BCUT2D eigenvalue weighted by Crippen LogP contribution is 2.26. The van der Waals surface area contributed by atoms with E-state index in [0.717, 1.165) is 6.54 Å². The maximum atomic E-state index is 14.3. The number of carbonyl (C=O) groups is 1. The highest BCUT2D eigenvalue weighted by molar-refractivity contribution is 5.85. The van der Waals surface area contributed by atoms with Gasteiger partial charge in [0.1, 0.15) is 5.75 Å². The first-order valence-electron chi connectivity index (χ1n) is 8.74. The van der Waals surface area contributed by atoms with Crippen molar-refractivity contribution in [2.24, 2.45) is 0 Å². The summed E-state index contributed by atoms with van der Waals surface area (Å²) in [5.74, 6) is 0.171. The standard InChI is InChI=1S/C20H23FN2O3.ClH/c1-14(23-20(24)12-16-13-25-10-9-22-16)15-7-8-19(18(21)11-15)26-17-5-3-2-4-6-17;/h2-8,11,14,16,22H,9-10,12-13H2,1H3,(H,23,24);1H. The van der Waals surface area contributed by atoms with Gasteiger partial charge in [0, 0.05) is 19.0 Å². The summed E-state index contributed by atoms with van der Waals surface area (Å²) in [6.45, 7) is 3.78. The predicted molar refractivity (Wildman–Crippen MR) is 104 cm³/mol. The van der Waals surface area contributed by atoms with Crippen LogP contribution in [0, 0.1) is 5.82 Å². The summed E-state index contributed by atoms with van der Waals surface area (Å²) in [4.78, 5) is 12.2. The van der Waals surface area contributed by atoms with Crippen molar-refractivity contribution in [1.29, 1.82) is 0 Å². The number of halogens is 2. The Kier molecular flexibility index (Phi) is 8.03. The summed E-state index contributed by atoms with van der Waals surface area (Å²) in [5, 5.41) is 6.14. The van der Waals surface area contributed by atoms with Crippen LogP contribution in [0.15, 0.2) is 48.5 Å². The monoisotopic (exact) mass is 394 g/mol. The lowest BCUT2D eigenvalue weighted by Crippen LogP contribution is -2.44.